The van der Waals surface area contributed by atoms with Gasteiger partial charge < -0.3 is 4.57 Å². The van der Waals surface area contributed by atoms with Crippen molar-refractivity contribution in [2.45, 2.75) is 38.8 Å². The van der Waals surface area contributed by atoms with Crippen LogP contribution in [0.3, 0.4) is 0 Å². The predicted octanol–water partition coefficient (Wildman–Crippen LogP) is 2.72. The molecule has 142 valence electrons. The maximum absolute atomic E-state index is 13.0. The van der Waals surface area contributed by atoms with Crippen molar-refractivity contribution < 1.29 is 0 Å². The van der Waals surface area contributed by atoms with Crippen molar-refractivity contribution in [1.29, 1.82) is 0 Å². The molecule has 1 aliphatic carbocycles. The van der Waals surface area contributed by atoms with E-state index in [4.69, 9.17) is 11.6 Å². The predicted molar refractivity (Wildman–Crippen MR) is 106 cm³/mol. The number of fused-ring (bicyclic) bond motifs is 3. The topological polar surface area (TPSA) is 70.0 Å². The lowest BCUT2D eigenvalue weighted by molar-refractivity contribution is 0.648. The fourth-order valence-corrected chi connectivity index (χ4v) is 3.95. The standard InChI is InChI=1S/C20H19ClN6O/c21-15-7-5-14(6-8-15)11-26-13-16(22-24-26)12-25-9-10-27-19(20(25)28)17-3-1-2-4-18(17)23-27/h5-10,13H,1-4,11-12H2. The maximum atomic E-state index is 13.0. The van der Waals surface area contributed by atoms with Crippen LogP contribution in [-0.4, -0.2) is 29.2 Å². The van der Waals surface area contributed by atoms with Crippen molar-refractivity contribution in [3.63, 3.8) is 0 Å². The summed E-state index contributed by atoms with van der Waals surface area (Å²) in [5.74, 6) is 0. The molecule has 0 saturated heterocycles. The lowest BCUT2D eigenvalue weighted by Crippen LogP contribution is -2.23. The minimum Gasteiger partial charge on any atom is -0.306 e. The molecule has 0 radical (unpaired) electrons. The monoisotopic (exact) mass is 394 g/mol. The Morgan fingerprint density at radius 2 is 1.86 bits per heavy atom. The van der Waals surface area contributed by atoms with Crippen LogP contribution in [0.5, 0.6) is 0 Å². The number of nitrogens with zero attached hydrogens (tertiary/aromatic N) is 6. The van der Waals surface area contributed by atoms with Gasteiger partial charge in [-0.25, -0.2) is 9.20 Å². The van der Waals surface area contributed by atoms with Crippen LogP contribution in [0.25, 0.3) is 5.52 Å². The Morgan fingerprint density at radius 1 is 1.04 bits per heavy atom. The summed E-state index contributed by atoms with van der Waals surface area (Å²) in [6.45, 7) is 0.990. The molecular formula is C20H19ClN6O. The molecule has 4 aromatic rings. The van der Waals surface area contributed by atoms with Gasteiger partial charge in [-0.2, -0.15) is 5.10 Å². The van der Waals surface area contributed by atoms with Crippen LogP contribution in [0.2, 0.25) is 5.02 Å². The minimum absolute atomic E-state index is 0.0228. The third-order valence-electron chi connectivity index (χ3n) is 5.21. The molecule has 1 aliphatic rings. The van der Waals surface area contributed by atoms with Gasteiger partial charge in [0.1, 0.15) is 11.2 Å². The van der Waals surface area contributed by atoms with E-state index in [0.29, 0.717) is 23.6 Å². The minimum atomic E-state index is -0.0228. The fourth-order valence-electron chi connectivity index (χ4n) is 3.82. The molecule has 0 saturated carbocycles. The first-order valence-corrected chi connectivity index (χ1v) is 9.78. The number of aromatic nitrogens is 6. The highest BCUT2D eigenvalue weighted by Crippen LogP contribution is 2.22. The van der Waals surface area contributed by atoms with Gasteiger partial charge in [-0.15, -0.1) is 5.10 Å². The number of hydrogen-bond donors (Lipinski definition) is 0. The molecule has 1 aromatic carbocycles. The van der Waals surface area contributed by atoms with Crippen LogP contribution in [-0.2, 0) is 25.9 Å². The summed E-state index contributed by atoms with van der Waals surface area (Å²) in [6, 6.07) is 7.64. The summed E-state index contributed by atoms with van der Waals surface area (Å²) >= 11 is 5.93. The van der Waals surface area contributed by atoms with Crippen molar-refractivity contribution in [3.05, 3.63) is 80.7 Å². The van der Waals surface area contributed by atoms with Gasteiger partial charge in [-0.3, -0.25) is 4.79 Å². The Balaban J connectivity index is 1.41. The second kappa shape index (κ2) is 6.91. The molecule has 3 heterocycles. The molecule has 3 aromatic heterocycles. The Hall–Kier alpha value is -2.93. The molecule has 0 bridgehead atoms. The number of benzene rings is 1. The van der Waals surface area contributed by atoms with Gasteiger partial charge in [0.25, 0.3) is 5.56 Å². The highest BCUT2D eigenvalue weighted by atomic mass is 35.5. The second-order valence-corrected chi connectivity index (χ2v) is 7.63. The third kappa shape index (κ3) is 3.11. The van der Waals surface area contributed by atoms with E-state index in [0.717, 1.165) is 48.2 Å². The first-order chi connectivity index (χ1) is 13.7. The smallest absolute Gasteiger partial charge is 0.277 e. The van der Waals surface area contributed by atoms with E-state index in [-0.39, 0.29) is 5.56 Å². The van der Waals surface area contributed by atoms with Gasteiger partial charge in [0.05, 0.1) is 25.0 Å². The second-order valence-electron chi connectivity index (χ2n) is 7.19. The van der Waals surface area contributed by atoms with E-state index in [9.17, 15) is 4.79 Å². The SMILES string of the molecule is O=c1c2c3c(nn2ccn1Cc1cn(Cc2ccc(Cl)cc2)nn1)CCCC3. The molecule has 0 atom stereocenters. The fraction of sp³-hybridized carbons (Fsp3) is 0.300. The highest BCUT2D eigenvalue weighted by molar-refractivity contribution is 6.30. The molecular weight excluding hydrogens is 376 g/mol. The molecule has 0 spiro atoms. The zero-order valence-electron chi connectivity index (χ0n) is 15.3. The van der Waals surface area contributed by atoms with Gasteiger partial charge in [0.15, 0.2) is 0 Å². The first kappa shape index (κ1) is 17.2. The molecule has 0 N–H and O–H groups in total. The lowest BCUT2D eigenvalue weighted by Gasteiger charge is -2.08. The lowest BCUT2D eigenvalue weighted by atomic mass is 9.97. The van der Waals surface area contributed by atoms with E-state index < -0.39 is 0 Å². The molecule has 0 fully saturated rings. The van der Waals surface area contributed by atoms with Gasteiger partial charge in [0.2, 0.25) is 0 Å². The molecule has 0 amide bonds. The maximum Gasteiger partial charge on any atom is 0.277 e. The summed E-state index contributed by atoms with van der Waals surface area (Å²) < 4.78 is 5.18. The van der Waals surface area contributed by atoms with E-state index in [2.05, 4.69) is 15.4 Å². The molecule has 7 nitrogen and oxygen atoms in total. The molecule has 0 unspecified atom stereocenters. The van der Waals surface area contributed by atoms with E-state index in [1.807, 2.05) is 36.7 Å². The summed E-state index contributed by atoms with van der Waals surface area (Å²) in [6.07, 6.45) is 9.63. The summed E-state index contributed by atoms with van der Waals surface area (Å²) in [5, 5.41) is 13.7. The largest absolute Gasteiger partial charge is 0.306 e. The van der Waals surface area contributed by atoms with Crippen LogP contribution in [0, 0.1) is 0 Å². The zero-order chi connectivity index (χ0) is 19.1. The summed E-state index contributed by atoms with van der Waals surface area (Å²) in [7, 11) is 0. The zero-order valence-corrected chi connectivity index (χ0v) is 16.0. The summed E-state index contributed by atoms with van der Waals surface area (Å²) in [4.78, 5) is 13.0. The van der Waals surface area contributed by atoms with Crippen LogP contribution in [0.4, 0.5) is 0 Å². The van der Waals surface area contributed by atoms with Crippen LogP contribution >= 0.6 is 11.6 Å². The normalized spacial score (nSPS) is 13.8. The number of hydrogen-bond acceptors (Lipinski definition) is 4. The van der Waals surface area contributed by atoms with E-state index in [1.165, 1.54) is 0 Å². The third-order valence-corrected chi connectivity index (χ3v) is 5.46. The van der Waals surface area contributed by atoms with E-state index in [1.54, 1.807) is 20.0 Å². The van der Waals surface area contributed by atoms with Crippen LogP contribution in [0.15, 0.2) is 47.7 Å². The quantitative estimate of drug-likeness (QED) is 0.533. The Bertz CT molecular complexity index is 1200. The number of aryl methyl sites for hydroxylation is 2. The highest BCUT2D eigenvalue weighted by Gasteiger charge is 2.19. The van der Waals surface area contributed by atoms with Crippen LogP contribution < -0.4 is 5.56 Å². The van der Waals surface area contributed by atoms with Gasteiger partial charge in [-0.1, -0.05) is 28.9 Å². The van der Waals surface area contributed by atoms with Crippen LogP contribution in [0.1, 0.15) is 35.4 Å². The molecule has 8 heteroatoms. The molecule has 0 aliphatic heterocycles. The first-order valence-electron chi connectivity index (χ1n) is 9.40. The number of halogens is 1. The van der Waals surface area contributed by atoms with Gasteiger partial charge >= 0.3 is 0 Å². The Morgan fingerprint density at radius 3 is 2.71 bits per heavy atom. The Labute approximate surface area is 166 Å². The average Bonchev–Trinajstić information content (AvgIpc) is 3.30. The van der Waals surface area contributed by atoms with Crippen molar-refractivity contribution in [2.24, 2.45) is 0 Å². The number of rotatable bonds is 4. The summed E-state index contributed by atoms with van der Waals surface area (Å²) in [5.41, 5.74) is 4.68. The van der Waals surface area contributed by atoms with E-state index >= 15 is 0 Å². The average molecular weight is 395 g/mol. The van der Waals surface area contributed by atoms with Crippen molar-refractivity contribution in [3.8, 4) is 0 Å². The van der Waals surface area contributed by atoms with Crippen molar-refractivity contribution >= 4 is 17.1 Å². The van der Waals surface area contributed by atoms with Gasteiger partial charge in [0, 0.05) is 23.0 Å². The molecule has 28 heavy (non-hydrogen) atoms. The van der Waals surface area contributed by atoms with Crippen molar-refractivity contribution in [1.82, 2.24) is 29.2 Å². The van der Waals surface area contributed by atoms with Crippen molar-refractivity contribution in [2.75, 3.05) is 0 Å². The molecule has 5 rings (SSSR count). The Kier molecular flexibility index (Phi) is 4.24. The van der Waals surface area contributed by atoms with Gasteiger partial charge in [-0.05, 0) is 43.4 Å².